The quantitative estimate of drug-likeness (QED) is 0.173. The Bertz CT molecular complexity index is 1370. The molecule has 0 bridgehead atoms. The van der Waals surface area contributed by atoms with E-state index < -0.39 is 23.8 Å². The third-order valence-electron chi connectivity index (χ3n) is 7.66. The highest BCUT2D eigenvalue weighted by Crippen LogP contribution is 2.28. The number of benzene rings is 3. The smallest absolute Gasteiger partial charge is 0.408 e. The molecule has 0 spiro atoms. The minimum atomic E-state index is -0.938. The van der Waals surface area contributed by atoms with Crippen molar-refractivity contribution in [3.63, 3.8) is 0 Å². The molecule has 2 N–H and O–H groups in total. The molecule has 2 atom stereocenters. The molecule has 0 fully saturated rings. The molecule has 7 nitrogen and oxygen atoms in total. The van der Waals surface area contributed by atoms with Crippen LogP contribution in [-0.4, -0.2) is 41.0 Å². The van der Waals surface area contributed by atoms with Gasteiger partial charge in [0.05, 0.1) is 0 Å². The number of unbranched alkanes of at least 4 members (excludes halogenated alkanes) is 4. The molecule has 0 aliphatic heterocycles. The standard InChI is InChI=1S/C38H51N3O4/c1-7-8-9-10-17-24-41(36(43)33(26-30-18-13-11-14-19-30)40-37(44)45-38(4,5)6)34(32-25-28(2)22-23-29(32)3)35(42)39-27-31-20-15-12-16-21-31/h11-16,18-23,25,33-34H,7-10,17,24,26-27H2,1-6H3,(H,39,42)(H,40,44). The predicted molar refractivity (Wildman–Crippen MR) is 181 cm³/mol. The minimum Gasteiger partial charge on any atom is -0.444 e. The van der Waals surface area contributed by atoms with Crippen LogP contribution in [0.5, 0.6) is 0 Å². The average molecular weight is 614 g/mol. The Labute approximate surface area is 269 Å². The number of nitrogens with zero attached hydrogens (tertiary/aromatic N) is 1. The molecule has 242 valence electrons. The lowest BCUT2D eigenvalue weighted by atomic mass is 9.95. The van der Waals surface area contributed by atoms with Crippen LogP contribution in [0.3, 0.4) is 0 Å². The number of carbonyl (C=O) groups is 3. The minimum absolute atomic E-state index is 0.259. The molecule has 2 unspecified atom stereocenters. The second-order valence-electron chi connectivity index (χ2n) is 12.8. The lowest BCUT2D eigenvalue weighted by Gasteiger charge is -2.35. The third-order valence-corrected chi connectivity index (χ3v) is 7.66. The van der Waals surface area contributed by atoms with Crippen LogP contribution in [0, 0.1) is 13.8 Å². The number of hydrogen-bond donors (Lipinski definition) is 2. The van der Waals surface area contributed by atoms with Gasteiger partial charge in [0.1, 0.15) is 17.7 Å². The van der Waals surface area contributed by atoms with E-state index in [1.54, 1.807) is 25.7 Å². The van der Waals surface area contributed by atoms with Crippen molar-refractivity contribution in [2.75, 3.05) is 6.54 Å². The summed E-state index contributed by atoms with van der Waals surface area (Å²) in [7, 11) is 0. The van der Waals surface area contributed by atoms with Crippen molar-refractivity contribution in [3.8, 4) is 0 Å². The number of aryl methyl sites for hydroxylation is 2. The molecule has 0 radical (unpaired) electrons. The fourth-order valence-corrected chi connectivity index (χ4v) is 5.34. The summed E-state index contributed by atoms with van der Waals surface area (Å²) in [4.78, 5) is 43.7. The molecular formula is C38H51N3O4. The maximum absolute atomic E-state index is 14.7. The highest BCUT2D eigenvalue weighted by Gasteiger charge is 2.37. The molecule has 0 aliphatic carbocycles. The molecule has 0 heterocycles. The Morgan fingerprint density at radius 2 is 1.44 bits per heavy atom. The van der Waals surface area contributed by atoms with Gasteiger partial charge >= 0.3 is 6.09 Å². The van der Waals surface area contributed by atoms with Crippen LogP contribution in [0.25, 0.3) is 0 Å². The molecule has 3 aromatic rings. The van der Waals surface area contributed by atoms with Gasteiger partial charge in [-0.2, -0.15) is 0 Å². The van der Waals surface area contributed by atoms with E-state index in [1.807, 2.05) is 92.7 Å². The van der Waals surface area contributed by atoms with Gasteiger partial charge in [-0.1, -0.05) is 117 Å². The van der Waals surface area contributed by atoms with Crippen molar-refractivity contribution >= 4 is 17.9 Å². The van der Waals surface area contributed by atoms with Gasteiger partial charge in [-0.15, -0.1) is 0 Å². The molecule has 0 aliphatic rings. The fraction of sp³-hybridized carbons (Fsp3) is 0.447. The predicted octanol–water partition coefficient (Wildman–Crippen LogP) is 7.60. The molecule has 0 saturated carbocycles. The van der Waals surface area contributed by atoms with E-state index in [-0.39, 0.29) is 18.2 Å². The number of ether oxygens (including phenoxy) is 1. The highest BCUT2D eigenvalue weighted by atomic mass is 16.6. The lowest BCUT2D eigenvalue weighted by Crippen LogP contribution is -2.54. The van der Waals surface area contributed by atoms with Gasteiger partial charge in [0, 0.05) is 19.5 Å². The molecule has 45 heavy (non-hydrogen) atoms. The Balaban J connectivity index is 2.05. The first-order valence-electron chi connectivity index (χ1n) is 16.2. The average Bonchev–Trinajstić information content (AvgIpc) is 3.00. The first-order chi connectivity index (χ1) is 21.5. The van der Waals surface area contributed by atoms with Crippen molar-refractivity contribution in [3.05, 3.63) is 107 Å². The van der Waals surface area contributed by atoms with E-state index in [9.17, 15) is 14.4 Å². The van der Waals surface area contributed by atoms with Crippen molar-refractivity contribution in [2.45, 2.75) is 104 Å². The topological polar surface area (TPSA) is 87.7 Å². The highest BCUT2D eigenvalue weighted by molar-refractivity contribution is 5.92. The molecular weight excluding hydrogens is 562 g/mol. The zero-order valence-corrected chi connectivity index (χ0v) is 27.9. The zero-order valence-electron chi connectivity index (χ0n) is 27.9. The Morgan fingerprint density at radius 3 is 2.07 bits per heavy atom. The zero-order chi connectivity index (χ0) is 32.8. The van der Waals surface area contributed by atoms with Crippen LogP contribution < -0.4 is 10.6 Å². The molecule has 7 heteroatoms. The maximum Gasteiger partial charge on any atom is 0.408 e. The largest absolute Gasteiger partial charge is 0.444 e. The molecule has 3 aromatic carbocycles. The lowest BCUT2D eigenvalue weighted by molar-refractivity contribution is -0.142. The van der Waals surface area contributed by atoms with E-state index in [2.05, 4.69) is 17.6 Å². The van der Waals surface area contributed by atoms with Gasteiger partial charge in [-0.05, 0) is 63.3 Å². The van der Waals surface area contributed by atoms with Crippen molar-refractivity contribution in [2.24, 2.45) is 0 Å². The summed E-state index contributed by atoms with van der Waals surface area (Å²) < 4.78 is 5.58. The van der Waals surface area contributed by atoms with E-state index in [0.717, 1.165) is 59.9 Å². The summed E-state index contributed by atoms with van der Waals surface area (Å²) in [6, 6.07) is 23.5. The van der Waals surface area contributed by atoms with E-state index in [1.165, 1.54) is 0 Å². The molecule has 0 saturated heterocycles. The van der Waals surface area contributed by atoms with Gasteiger partial charge in [0.15, 0.2) is 0 Å². The van der Waals surface area contributed by atoms with Gasteiger partial charge in [-0.3, -0.25) is 9.59 Å². The normalized spacial score (nSPS) is 12.6. The van der Waals surface area contributed by atoms with E-state index in [0.29, 0.717) is 13.1 Å². The number of rotatable bonds is 15. The van der Waals surface area contributed by atoms with Crippen LogP contribution in [0.4, 0.5) is 4.79 Å². The SMILES string of the molecule is CCCCCCCN(C(=O)C(Cc1ccccc1)NC(=O)OC(C)(C)C)C(C(=O)NCc1ccccc1)c1cc(C)ccc1C. The van der Waals surface area contributed by atoms with Gasteiger partial charge in [0.2, 0.25) is 11.8 Å². The van der Waals surface area contributed by atoms with Crippen molar-refractivity contribution in [1.29, 1.82) is 0 Å². The monoisotopic (exact) mass is 613 g/mol. The maximum atomic E-state index is 14.7. The Kier molecular flexibility index (Phi) is 13.7. The van der Waals surface area contributed by atoms with Crippen LogP contribution in [0.2, 0.25) is 0 Å². The van der Waals surface area contributed by atoms with Crippen LogP contribution in [0.1, 0.15) is 93.7 Å². The van der Waals surface area contributed by atoms with Crippen LogP contribution in [0.15, 0.2) is 78.9 Å². The Hall–Kier alpha value is -4.13. The molecule has 3 amide bonds. The summed E-state index contributed by atoms with van der Waals surface area (Å²) in [5, 5.41) is 5.96. The number of nitrogens with one attached hydrogen (secondary N) is 2. The van der Waals surface area contributed by atoms with Gasteiger partial charge in [0.25, 0.3) is 0 Å². The number of carbonyl (C=O) groups excluding carboxylic acids is 3. The van der Waals surface area contributed by atoms with Crippen molar-refractivity contribution < 1.29 is 19.1 Å². The van der Waals surface area contributed by atoms with Gasteiger partial charge in [-0.25, -0.2) is 4.79 Å². The number of alkyl carbamates (subject to hydrolysis) is 1. The van der Waals surface area contributed by atoms with Gasteiger partial charge < -0.3 is 20.3 Å². The molecule has 0 aromatic heterocycles. The Morgan fingerprint density at radius 1 is 0.822 bits per heavy atom. The van der Waals surface area contributed by atoms with Crippen molar-refractivity contribution in [1.82, 2.24) is 15.5 Å². The molecule has 3 rings (SSSR count). The fourth-order valence-electron chi connectivity index (χ4n) is 5.34. The second-order valence-corrected chi connectivity index (χ2v) is 12.8. The summed E-state index contributed by atoms with van der Waals surface area (Å²) in [6.07, 6.45) is 4.54. The summed E-state index contributed by atoms with van der Waals surface area (Å²) >= 11 is 0. The first-order valence-corrected chi connectivity index (χ1v) is 16.2. The van der Waals surface area contributed by atoms with E-state index in [4.69, 9.17) is 4.74 Å². The summed E-state index contributed by atoms with van der Waals surface area (Å²) in [5.41, 5.74) is 3.83. The number of hydrogen-bond acceptors (Lipinski definition) is 4. The second kappa shape index (κ2) is 17.4. The summed E-state index contributed by atoms with van der Waals surface area (Å²) in [6.45, 7) is 12.2. The first kappa shape index (κ1) is 35.4. The van der Waals surface area contributed by atoms with Crippen LogP contribution >= 0.6 is 0 Å². The number of amides is 3. The third kappa shape index (κ3) is 11.7. The summed E-state index contributed by atoms with van der Waals surface area (Å²) in [5.74, 6) is -0.578. The van der Waals surface area contributed by atoms with E-state index >= 15 is 0 Å². The van der Waals surface area contributed by atoms with Crippen LogP contribution in [-0.2, 0) is 27.3 Å².